The number of benzene rings is 1. The van der Waals surface area contributed by atoms with Gasteiger partial charge in [0.05, 0.1) is 6.54 Å². The molecule has 0 radical (unpaired) electrons. The van der Waals surface area contributed by atoms with Crippen molar-refractivity contribution in [3.8, 4) is 0 Å². The fourth-order valence-electron chi connectivity index (χ4n) is 5.07. The standard InChI is InChI=1S/C23H30N4O/c1-3-8-19(9-4-1)10-7-14-26-15-13-23(17-26)18-27-21(16-28-23)24-25-22(27)20-11-5-2-6-12-20/h1,3-4,7-10,20H,2,5-6,11-18H2. The molecule has 0 bridgehead atoms. The number of hydrogen-bond donors (Lipinski definition) is 0. The Morgan fingerprint density at radius 1 is 1.07 bits per heavy atom. The van der Waals surface area contributed by atoms with Crippen molar-refractivity contribution in [1.29, 1.82) is 0 Å². The molecule has 148 valence electrons. The van der Waals surface area contributed by atoms with E-state index in [4.69, 9.17) is 4.74 Å². The van der Waals surface area contributed by atoms with Gasteiger partial charge in [0.15, 0.2) is 5.82 Å². The molecular weight excluding hydrogens is 348 g/mol. The van der Waals surface area contributed by atoms with E-state index in [0.29, 0.717) is 12.5 Å². The zero-order valence-electron chi connectivity index (χ0n) is 16.6. The van der Waals surface area contributed by atoms with Crippen LogP contribution in [0.5, 0.6) is 0 Å². The minimum atomic E-state index is -0.0701. The van der Waals surface area contributed by atoms with Crippen molar-refractivity contribution >= 4 is 6.08 Å². The van der Waals surface area contributed by atoms with Crippen LogP contribution in [0.15, 0.2) is 36.4 Å². The summed E-state index contributed by atoms with van der Waals surface area (Å²) in [6.07, 6.45) is 12.1. The lowest BCUT2D eigenvalue weighted by molar-refractivity contribution is -0.0826. The number of rotatable bonds is 4. The monoisotopic (exact) mass is 378 g/mol. The highest BCUT2D eigenvalue weighted by Crippen LogP contribution is 2.37. The second kappa shape index (κ2) is 7.80. The van der Waals surface area contributed by atoms with Crippen LogP contribution in [0.25, 0.3) is 6.08 Å². The van der Waals surface area contributed by atoms with E-state index in [9.17, 15) is 0 Å². The molecular formula is C23H30N4O. The zero-order valence-corrected chi connectivity index (χ0v) is 16.6. The van der Waals surface area contributed by atoms with Gasteiger partial charge in [-0.25, -0.2) is 0 Å². The minimum absolute atomic E-state index is 0.0701. The summed E-state index contributed by atoms with van der Waals surface area (Å²) in [6, 6.07) is 10.5. The lowest BCUT2D eigenvalue weighted by atomic mass is 9.88. The van der Waals surface area contributed by atoms with Crippen LogP contribution in [0, 0.1) is 0 Å². The normalized spacial score (nSPS) is 26.3. The van der Waals surface area contributed by atoms with Gasteiger partial charge in [-0.05, 0) is 24.8 Å². The molecule has 0 N–H and O–H groups in total. The fourth-order valence-corrected chi connectivity index (χ4v) is 5.07. The molecule has 2 fully saturated rings. The number of hydrogen-bond acceptors (Lipinski definition) is 4. The maximum atomic E-state index is 6.36. The van der Waals surface area contributed by atoms with Crippen molar-refractivity contribution in [2.75, 3.05) is 19.6 Å². The molecule has 1 aliphatic carbocycles. The van der Waals surface area contributed by atoms with E-state index in [-0.39, 0.29) is 5.60 Å². The quantitative estimate of drug-likeness (QED) is 0.806. The Labute approximate surface area is 167 Å². The van der Waals surface area contributed by atoms with Crippen LogP contribution >= 0.6 is 0 Å². The summed E-state index contributed by atoms with van der Waals surface area (Å²) in [5.74, 6) is 2.84. The van der Waals surface area contributed by atoms with Crippen LogP contribution in [0.2, 0.25) is 0 Å². The molecule has 1 unspecified atom stereocenters. The highest BCUT2D eigenvalue weighted by atomic mass is 16.5. The van der Waals surface area contributed by atoms with E-state index in [0.717, 1.165) is 38.4 Å². The number of fused-ring (bicyclic) bond motifs is 1. The lowest BCUT2D eigenvalue weighted by Gasteiger charge is -2.35. The Kier molecular flexibility index (Phi) is 5.03. The predicted octanol–water partition coefficient (Wildman–Crippen LogP) is 4.01. The van der Waals surface area contributed by atoms with Crippen LogP contribution in [0.1, 0.15) is 61.7 Å². The van der Waals surface area contributed by atoms with E-state index in [1.807, 2.05) is 0 Å². The molecule has 3 heterocycles. The summed E-state index contributed by atoms with van der Waals surface area (Å²) >= 11 is 0. The van der Waals surface area contributed by atoms with Gasteiger partial charge in [0.1, 0.15) is 18.0 Å². The average molecular weight is 379 g/mol. The summed E-state index contributed by atoms with van der Waals surface area (Å²) < 4.78 is 8.76. The highest BCUT2D eigenvalue weighted by molar-refractivity contribution is 5.48. The smallest absolute Gasteiger partial charge is 0.159 e. The molecule has 1 saturated heterocycles. The van der Waals surface area contributed by atoms with E-state index >= 15 is 0 Å². The van der Waals surface area contributed by atoms with E-state index in [1.165, 1.54) is 43.5 Å². The molecule has 1 aromatic carbocycles. The van der Waals surface area contributed by atoms with Crippen LogP contribution in [-0.2, 0) is 17.9 Å². The van der Waals surface area contributed by atoms with Gasteiger partial charge in [0.2, 0.25) is 0 Å². The molecule has 5 nitrogen and oxygen atoms in total. The molecule has 2 aromatic rings. The molecule has 5 heteroatoms. The van der Waals surface area contributed by atoms with Crippen molar-refractivity contribution in [3.63, 3.8) is 0 Å². The Morgan fingerprint density at radius 3 is 2.79 bits per heavy atom. The Bertz CT molecular complexity index is 824. The Balaban J connectivity index is 1.24. The Morgan fingerprint density at radius 2 is 1.93 bits per heavy atom. The van der Waals surface area contributed by atoms with Gasteiger partial charge in [-0.1, -0.05) is 61.7 Å². The van der Waals surface area contributed by atoms with Gasteiger partial charge in [-0.2, -0.15) is 0 Å². The van der Waals surface area contributed by atoms with Crippen LogP contribution < -0.4 is 0 Å². The van der Waals surface area contributed by atoms with Crippen LogP contribution in [-0.4, -0.2) is 44.9 Å². The lowest BCUT2D eigenvalue weighted by Crippen LogP contribution is -2.44. The van der Waals surface area contributed by atoms with E-state index < -0.39 is 0 Å². The van der Waals surface area contributed by atoms with Crippen molar-refractivity contribution in [2.24, 2.45) is 0 Å². The third-order valence-corrected chi connectivity index (χ3v) is 6.65. The highest BCUT2D eigenvalue weighted by Gasteiger charge is 2.43. The van der Waals surface area contributed by atoms with Crippen LogP contribution in [0.3, 0.4) is 0 Å². The van der Waals surface area contributed by atoms with Crippen molar-refractivity contribution < 1.29 is 4.74 Å². The van der Waals surface area contributed by atoms with Gasteiger partial charge in [-0.15, -0.1) is 10.2 Å². The first-order valence-corrected chi connectivity index (χ1v) is 10.8. The molecule has 5 rings (SSSR count). The third-order valence-electron chi connectivity index (χ3n) is 6.65. The molecule has 3 aliphatic rings. The second-order valence-corrected chi connectivity index (χ2v) is 8.67. The number of ether oxygens (including phenoxy) is 1. The molecule has 1 spiro atoms. The van der Waals surface area contributed by atoms with Gasteiger partial charge in [-0.3, -0.25) is 4.90 Å². The van der Waals surface area contributed by atoms with Crippen molar-refractivity contribution in [1.82, 2.24) is 19.7 Å². The van der Waals surface area contributed by atoms with Crippen molar-refractivity contribution in [2.45, 2.75) is 63.2 Å². The van der Waals surface area contributed by atoms with E-state index in [1.54, 1.807) is 0 Å². The summed E-state index contributed by atoms with van der Waals surface area (Å²) in [7, 11) is 0. The fraction of sp³-hybridized carbons (Fsp3) is 0.565. The SMILES string of the molecule is C(=Cc1ccccc1)CN1CCC2(C1)Cn1c(nnc1C1CCCCC1)CO2. The summed E-state index contributed by atoms with van der Waals surface area (Å²) in [5, 5.41) is 9.04. The molecule has 1 aromatic heterocycles. The number of aromatic nitrogens is 3. The topological polar surface area (TPSA) is 43.2 Å². The summed E-state index contributed by atoms with van der Waals surface area (Å²) in [4.78, 5) is 2.51. The van der Waals surface area contributed by atoms with Crippen molar-refractivity contribution in [3.05, 3.63) is 53.6 Å². The predicted molar refractivity (Wildman–Crippen MR) is 110 cm³/mol. The zero-order chi connectivity index (χ0) is 18.8. The molecule has 28 heavy (non-hydrogen) atoms. The largest absolute Gasteiger partial charge is 0.364 e. The van der Waals surface area contributed by atoms with Gasteiger partial charge in [0.25, 0.3) is 0 Å². The maximum Gasteiger partial charge on any atom is 0.159 e. The summed E-state index contributed by atoms with van der Waals surface area (Å²) in [6.45, 7) is 4.58. The first-order chi connectivity index (χ1) is 13.8. The van der Waals surface area contributed by atoms with Crippen LogP contribution in [0.4, 0.5) is 0 Å². The molecule has 1 saturated carbocycles. The maximum absolute atomic E-state index is 6.36. The minimum Gasteiger partial charge on any atom is -0.364 e. The molecule has 1 atom stereocenters. The average Bonchev–Trinajstić information content (AvgIpc) is 3.34. The molecule has 2 aliphatic heterocycles. The first-order valence-electron chi connectivity index (χ1n) is 10.8. The van der Waals surface area contributed by atoms with Gasteiger partial charge < -0.3 is 9.30 Å². The van der Waals surface area contributed by atoms with Gasteiger partial charge >= 0.3 is 0 Å². The number of likely N-dealkylation sites (tertiary alicyclic amines) is 1. The summed E-state index contributed by atoms with van der Waals surface area (Å²) in [5.41, 5.74) is 1.19. The number of nitrogens with zero attached hydrogens (tertiary/aromatic N) is 4. The third kappa shape index (κ3) is 3.65. The van der Waals surface area contributed by atoms with Gasteiger partial charge in [0, 0.05) is 25.6 Å². The Hall–Kier alpha value is -1.98. The second-order valence-electron chi connectivity index (χ2n) is 8.67. The molecule has 0 amide bonds. The first kappa shape index (κ1) is 18.1. The van der Waals surface area contributed by atoms with E-state index in [2.05, 4.69) is 62.1 Å².